The number of anilines is 10. The third-order valence-corrected chi connectivity index (χ3v) is 8.60. The molecule has 2 aliphatic rings. The van der Waals surface area contributed by atoms with Crippen LogP contribution in [0.5, 0.6) is 0 Å². The van der Waals surface area contributed by atoms with Crippen LogP contribution in [0.3, 0.4) is 0 Å². The van der Waals surface area contributed by atoms with Crippen molar-refractivity contribution in [1.29, 1.82) is 0 Å². The number of aromatic nitrogens is 6. The SMILES string of the molecule is c1ccc(Nc2nc(Nc3ccc(Nc4nc(Nc5ccccc5)nc(NC5CCCCC5)n4)cc3)nc(NC3CCCCC3)n2)cc1. The summed E-state index contributed by atoms with van der Waals surface area (Å²) in [6, 6.07) is 28.4. The molecule has 0 radical (unpaired) electrons. The van der Waals surface area contributed by atoms with Crippen molar-refractivity contribution in [1.82, 2.24) is 29.9 Å². The molecule has 0 atom stereocenters. The lowest BCUT2D eigenvalue weighted by Gasteiger charge is -2.23. The van der Waals surface area contributed by atoms with E-state index < -0.39 is 0 Å². The van der Waals surface area contributed by atoms with Crippen LogP contribution in [0.15, 0.2) is 84.9 Å². The van der Waals surface area contributed by atoms with Gasteiger partial charge >= 0.3 is 0 Å². The third kappa shape index (κ3) is 8.84. The van der Waals surface area contributed by atoms with Gasteiger partial charge in [0, 0.05) is 34.8 Å². The highest BCUT2D eigenvalue weighted by molar-refractivity contribution is 5.64. The highest BCUT2D eigenvalue weighted by Gasteiger charge is 2.18. The molecule has 7 rings (SSSR count). The summed E-state index contributed by atoms with van der Waals surface area (Å²) in [5, 5.41) is 20.4. The number of nitrogens with one attached hydrogen (secondary N) is 6. The normalized spacial score (nSPS) is 15.3. The minimum atomic E-state index is 0.362. The second kappa shape index (κ2) is 15.4. The van der Waals surface area contributed by atoms with Gasteiger partial charge in [-0.25, -0.2) is 0 Å². The number of hydrogen-bond acceptors (Lipinski definition) is 12. The highest BCUT2D eigenvalue weighted by atomic mass is 15.3. The van der Waals surface area contributed by atoms with E-state index in [1.54, 1.807) is 0 Å². The number of benzene rings is 3. The minimum absolute atomic E-state index is 0.362. The number of hydrogen-bond donors (Lipinski definition) is 6. The number of nitrogens with zero attached hydrogens (tertiary/aromatic N) is 6. The van der Waals surface area contributed by atoms with Crippen molar-refractivity contribution < 1.29 is 0 Å². The molecule has 6 N–H and O–H groups in total. The average Bonchev–Trinajstić information content (AvgIpc) is 3.11. The van der Waals surface area contributed by atoms with E-state index in [1.165, 1.54) is 38.5 Å². The van der Waals surface area contributed by atoms with Gasteiger partial charge in [-0.15, -0.1) is 0 Å². The molecule has 3 aromatic carbocycles. The predicted molar refractivity (Wildman–Crippen MR) is 193 cm³/mol. The van der Waals surface area contributed by atoms with Crippen LogP contribution in [0.2, 0.25) is 0 Å². The van der Waals surface area contributed by atoms with Gasteiger partial charge in [-0.2, -0.15) is 29.9 Å². The van der Waals surface area contributed by atoms with Crippen LogP contribution in [0.25, 0.3) is 0 Å². The van der Waals surface area contributed by atoms with Crippen molar-refractivity contribution in [2.24, 2.45) is 0 Å². The van der Waals surface area contributed by atoms with Crippen molar-refractivity contribution in [3.63, 3.8) is 0 Å². The summed E-state index contributed by atoms with van der Waals surface area (Å²) in [5.74, 6) is 2.97. The molecule has 246 valence electrons. The van der Waals surface area contributed by atoms with Crippen molar-refractivity contribution in [3.8, 4) is 0 Å². The van der Waals surface area contributed by atoms with E-state index in [0.29, 0.717) is 47.8 Å². The van der Waals surface area contributed by atoms with Gasteiger partial charge in [0.05, 0.1) is 0 Å². The average molecular weight is 643 g/mol. The maximum absolute atomic E-state index is 4.72. The van der Waals surface area contributed by atoms with Gasteiger partial charge in [-0.05, 0) is 74.2 Å². The standard InChI is InChI=1S/C36H42N12/c1-5-13-25(14-6-1)37-31-43-32(38-26-15-7-2-8-16-26)46-35(45-31)41-29-21-23-30(24-22-29)42-36-47-33(39-27-17-9-3-10-18-27)44-34(48-36)40-28-19-11-4-12-20-28/h1,3,5-6,9-10,13-14,17-18,21-24,26,28H,2,4,7-8,11-12,15-16,19-20H2,(H3,37,38,41,43,45,46)(H3,39,40,42,44,47,48). The van der Waals surface area contributed by atoms with E-state index in [0.717, 1.165) is 48.4 Å². The molecular weight excluding hydrogens is 600 g/mol. The Labute approximate surface area is 281 Å². The van der Waals surface area contributed by atoms with E-state index in [9.17, 15) is 0 Å². The quantitative estimate of drug-likeness (QED) is 0.0774. The van der Waals surface area contributed by atoms with Crippen LogP contribution in [0.1, 0.15) is 64.2 Å². The lowest BCUT2D eigenvalue weighted by molar-refractivity contribution is 0.461. The van der Waals surface area contributed by atoms with Crippen molar-refractivity contribution >= 4 is 58.4 Å². The number of para-hydroxylation sites is 2. The van der Waals surface area contributed by atoms with Gasteiger partial charge in [0.25, 0.3) is 0 Å². The molecule has 0 spiro atoms. The lowest BCUT2D eigenvalue weighted by Crippen LogP contribution is -2.24. The Balaban J connectivity index is 1.07. The first-order chi connectivity index (χ1) is 23.7. The molecule has 2 fully saturated rings. The Kier molecular flexibility index (Phi) is 9.96. The van der Waals surface area contributed by atoms with Crippen molar-refractivity contribution in [2.75, 3.05) is 31.9 Å². The predicted octanol–water partition coefficient (Wildman–Crippen LogP) is 8.52. The first-order valence-electron chi connectivity index (χ1n) is 17.0. The van der Waals surface area contributed by atoms with Crippen LogP contribution in [-0.2, 0) is 0 Å². The third-order valence-electron chi connectivity index (χ3n) is 8.60. The van der Waals surface area contributed by atoms with Gasteiger partial charge < -0.3 is 31.9 Å². The summed E-state index contributed by atoms with van der Waals surface area (Å²) >= 11 is 0. The second-order valence-corrected chi connectivity index (χ2v) is 12.4. The van der Waals surface area contributed by atoms with E-state index in [4.69, 9.17) is 9.97 Å². The molecule has 48 heavy (non-hydrogen) atoms. The van der Waals surface area contributed by atoms with E-state index in [2.05, 4.69) is 51.8 Å². The summed E-state index contributed by atoms with van der Waals surface area (Å²) in [7, 11) is 0. The fourth-order valence-corrected chi connectivity index (χ4v) is 6.16. The van der Waals surface area contributed by atoms with Gasteiger partial charge in [0.1, 0.15) is 0 Å². The monoisotopic (exact) mass is 642 g/mol. The van der Waals surface area contributed by atoms with Crippen molar-refractivity contribution in [3.05, 3.63) is 84.9 Å². The van der Waals surface area contributed by atoms with E-state index >= 15 is 0 Å². The molecular formula is C36H42N12. The summed E-state index contributed by atoms with van der Waals surface area (Å²) in [4.78, 5) is 28.1. The molecule has 0 saturated heterocycles. The van der Waals surface area contributed by atoms with Crippen LogP contribution < -0.4 is 31.9 Å². The maximum Gasteiger partial charge on any atom is 0.233 e. The Hall–Kier alpha value is -5.52. The molecule has 12 nitrogen and oxygen atoms in total. The van der Waals surface area contributed by atoms with Crippen LogP contribution in [0.4, 0.5) is 58.4 Å². The zero-order valence-corrected chi connectivity index (χ0v) is 27.0. The molecule has 5 aromatic rings. The van der Waals surface area contributed by atoms with Gasteiger partial charge in [-0.1, -0.05) is 74.9 Å². The molecule has 2 aromatic heterocycles. The summed E-state index contributed by atoms with van der Waals surface area (Å²) < 4.78 is 0. The molecule has 0 unspecified atom stereocenters. The lowest BCUT2D eigenvalue weighted by atomic mass is 9.96. The van der Waals surface area contributed by atoms with Crippen molar-refractivity contribution in [2.45, 2.75) is 76.3 Å². The Morgan fingerprint density at radius 2 is 0.625 bits per heavy atom. The van der Waals surface area contributed by atoms with Gasteiger partial charge in [0.15, 0.2) is 0 Å². The van der Waals surface area contributed by atoms with Gasteiger partial charge in [0.2, 0.25) is 35.7 Å². The molecule has 2 aliphatic carbocycles. The first kappa shape index (κ1) is 31.1. The molecule has 12 heteroatoms. The Bertz CT molecular complexity index is 1610. The molecule has 0 bridgehead atoms. The zero-order valence-electron chi connectivity index (χ0n) is 27.0. The maximum atomic E-state index is 4.72. The second-order valence-electron chi connectivity index (χ2n) is 12.4. The summed E-state index contributed by atoms with van der Waals surface area (Å²) in [6.07, 6.45) is 11.9. The zero-order chi connectivity index (χ0) is 32.4. The van der Waals surface area contributed by atoms with Crippen LogP contribution in [-0.4, -0.2) is 42.0 Å². The smallest absolute Gasteiger partial charge is 0.233 e. The molecule has 0 aliphatic heterocycles. The van der Waals surface area contributed by atoms with E-state index in [1.807, 2.05) is 84.9 Å². The molecule has 0 amide bonds. The van der Waals surface area contributed by atoms with Crippen LogP contribution in [0, 0.1) is 0 Å². The summed E-state index contributed by atoms with van der Waals surface area (Å²) in [5.41, 5.74) is 3.49. The van der Waals surface area contributed by atoms with E-state index in [-0.39, 0.29) is 0 Å². The molecule has 2 heterocycles. The largest absolute Gasteiger partial charge is 0.351 e. The van der Waals surface area contributed by atoms with Crippen LogP contribution >= 0.6 is 0 Å². The fourth-order valence-electron chi connectivity index (χ4n) is 6.16. The molecule has 2 saturated carbocycles. The van der Waals surface area contributed by atoms with Gasteiger partial charge in [-0.3, -0.25) is 0 Å². The fraction of sp³-hybridized carbons (Fsp3) is 0.333. The Morgan fingerprint density at radius 3 is 0.958 bits per heavy atom. The highest BCUT2D eigenvalue weighted by Crippen LogP contribution is 2.26. The summed E-state index contributed by atoms with van der Waals surface area (Å²) in [6.45, 7) is 0. The Morgan fingerprint density at radius 1 is 0.333 bits per heavy atom. The first-order valence-corrected chi connectivity index (χ1v) is 17.0. The minimum Gasteiger partial charge on any atom is -0.351 e. The number of rotatable bonds is 12. The topological polar surface area (TPSA) is 150 Å².